The number of nitrogens with one attached hydrogen (secondary N) is 2. The predicted molar refractivity (Wildman–Crippen MR) is 108 cm³/mol. The Kier molecular flexibility index (Phi) is 6.06. The predicted octanol–water partition coefficient (Wildman–Crippen LogP) is 3.67. The summed E-state index contributed by atoms with van der Waals surface area (Å²) in [6.45, 7) is 2.35. The summed E-state index contributed by atoms with van der Waals surface area (Å²) < 4.78 is 10.3. The largest absolute Gasteiger partial charge is 0.497 e. The van der Waals surface area contributed by atoms with Crippen LogP contribution in [0.5, 0.6) is 11.5 Å². The molecular formula is C21H22N4O3. The number of anilines is 2. The lowest BCUT2D eigenvalue weighted by Gasteiger charge is -2.10. The molecule has 0 aliphatic rings. The molecule has 7 heteroatoms. The molecule has 2 aromatic carbocycles. The van der Waals surface area contributed by atoms with Gasteiger partial charge in [0.05, 0.1) is 14.2 Å². The van der Waals surface area contributed by atoms with E-state index in [-0.39, 0.29) is 11.6 Å². The number of carbonyl (C=O) groups excluding carboxylic acids is 1. The van der Waals surface area contributed by atoms with Gasteiger partial charge in [0.15, 0.2) is 0 Å². The van der Waals surface area contributed by atoms with Crippen molar-refractivity contribution in [1.82, 2.24) is 9.97 Å². The number of aromatic nitrogens is 2. The lowest BCUT2D eigenvalue weighted by molar-refractivity contribution is 0.102. The normalized spacial score (nSPS) is 10.2. The van der Waals surface area contributed by atoms with E-state index < -0.39 is 0 Å². The molecule has 0 atom stereocenters. The molecule has 1 heterocycles. The molecular weight excluding hydrogens is 356 g/mol. The number of benzene rings is 2. The fourth-order valence-electron chi connectivity index (χ4n) is 2.58. The molecule has 3 aromatic rings. The molecule has 144 valence electrons. The lowest BCUT2D eigenvalue weighted by atomic mass is 10.2. The Balaban J connectivity index is 1.70. The average molecular weight is 378 g/mol. The summed E-state index contributed by atoms with van der Waals surface area (Å²) in [5.41, 5.74) is 2.66. The number of aryl methyl sites for hydroxylation is 1. The van der Waals surface area contributed by atoms with Crippen molar-refractivity contribution in [2.75, 3.05) is 24.9 Å². The standard InChI is InChI=1S/C21H22N4O3/c1-14-11-19(20(26)24-16-5-4-6-18(12-16)28-3)25-21(23-14)22-13-15-7-9-17(27-2)10-8-15/h4-12H,13H2,1-3H3,(H,24,26)(H,22,23,25). The highest BCUT2D eigenvalue weighted by molar-refractivity contribution is 6.03. The number of hydrogen-bond acceptors (Lipinski definition) is 6. The fourth-order valence-corrected chi connectivity index (χ4v) is 2.58. The van der Waals surface area contributed by atoms with Crippen LogP contribution in [0.3, 0.4) is 0 Å². The van der Waals surface area contributed by atoms with Crippen LogP contribution in [0.1, 0.15) is 21.7 Å². The molecule has 1 amide bonds. The maximum atomic E-state index is 12.6. The zero-order valence-corrected chi connectivity index (χ0v) is 16.0. The van der Waals surface area contributed by atoms with E-state index >= 15 is 0 Å². The molecule has 2 N–H and O–H groups in total. The third kappa shape index (κ3) is 4.97. The summed E-state index contributed by atoms with van der Waals surface area (Å²) in [5, 5.41) is 5.98. The summed E-state index contributed by atoms with van der Waals surface area (Å²) in [6.07, 6.45) is 0. The molecule has 0 fully saturated rings. The molecule has 0 spiro atoms. The number of rotatable bonds is 7. The summed E-state index contributed by atoms with van der Waals surface area (Å²) in [5.74, 6) is 1.54. The van der Waals surface area contributed by atoms with Gasteiger partial charge in [0, 0.05) is 24.0 Å². The van der Waals surface area contributed by atoms with Crippen LogP contribution in [0.25, 0.3) is 0 Å². The Morgan fingerprint density at radius 1 is 0.964 bits per heavy atom. The SMILES string of the molecule is COc1ccc(CNc2nc(C)cc(C(=O)Nc3cccc(OC)c3)n2)cc1. The smallest absolute Gasteiger partial charge is 0.274 e. The van der Waals surface area contributed by atoms with E-state index in [2.05, 4.69) is 20.6 Å². The minimum Gasteiger partial charge on any atom is -0.497 e. The van der Waals surface area contributed by atoms with Gasteiger partial charge < -0.3 is 20.1 Å². The molecule has 0 saturated carbocycles. The van der Waals surface area contributed by atoms with Crippen molar-refractivity contribution in [3.8, 4) is 11.5 Å². The average Bonchev–Trinajstić information content (AvgIpc) is 2.72. The van der Waals surface area contributed by atoms with Crippen molar-refractivity contribution in [2.45, 2.75) is 13.5 Å². The number of amides is 1. The Hall–Kier alpha value is -3.61. The van der Waals surface area contributed by atoms with E-state index in [9.17, 15) is 4.79 Å². The van der Waals surface area contributed by atoms with E-state index in [1.165, 1.54) is 0 Å². The quantitative estimate of drug-likeness (QED) is 0.653. The lowest BCUT2D eigenvalue weighted by Crippen LogP contribution is -2.16. The van der Waals surface area contributed by atoms with Crippen molar-refractivity contribution >= 4 is 17.5 Å². The molecule has 0 aliphatic heterocycles. The first-order valence-corrected chi connectivity index (χ1v) is 8.75. The van der Waals surface area contributed by atoms with Crippen LogP contribution < -0.4 is 20.1 Å². The second-order valence-corrected chi connectivity index (χ2v) is 6.11. The van der Waals surface area contributed by atoms with E-state index in [0.29, 0.717) is 29.6 Å². The topological polar surface area (TPSA) is 85.4 Å². The highest BCUT2D eigenvalue weighted by Gasteiger charge is 2.11. The number of methoxy groups -OCH3 is 2. The van der Waals surface area contributed by atoms with Crippen molar-refractivity contribution in [2.24, 2.45) is 0 Å². The minimum absolute atomic E-state index is 0.285. The van der Waals surface area contributed by atoms with Crippen LogP contribution in [-0.4, -0.2) is 30.1 Å². The van der Waals surface area contributed by atoms with Gasteiger partial charge in [-0.25, -0.2) is 9.97 Å². The molecule has 3 rings (SSSR count). The second-order valence-electron chi connectivity index (χ2n) is 6.11. The summed E-state index contributed by atoms with van der Waals surface area (Å²) in [6, 6.07) is 16.5. The van der Waals surface area contributed by atoms with Crippen LogP contribution in [0.4, 0.5) is 11.6 Å². The summed E-state index contributed by atoms with van der Waals surface area (Å²) >= 11 is 0. The maximum Gasteiger partial charge on any atom is 0.274 e. The van der Waals surface area contributed by atoms with Gasteiger partial charge in [0.1, 0.15) is 17.2 Å². The zero-order valence-electron chi connectivity index (χ0n) is 16.0. The molecule has 0 unspecified atom stereocenters. The highest BCUT2D eigenvalue weighted by atomic mass is 16.5. The first kappa shape index (κ1) is 19.2. The summed E-state index contributed by atoms with van der Waals surface area (Å²) in [7, 11) is 3.21. The molecule has 0 bridgehead atoms. The van der Waals surface area contributed by atoms with Gasteiger partial charge in [-0.2, -0.15) is 0 Å². The van der Waals surface area contributed by atoms with Gasteiger partial charge >= 0.3 is 0 Å². The monoisotopic (exact) mass is 378 g/mol. The van der Waals surface area contributed by atoms with Crippen LogP contribution in [-0.2, 0) is 6.54 Å². The van der Waals surface area contributed by atoms with E-state index in [0.717, 1.165) is 11.3 Å². The van der Waals surface area contributed by atoms with E-state index in [1.807, 2.05) is 43.3 Å². The first-order valence-electron chi connectivity index (χ1n) is 8.75. The third-order valence-electron chi connectivity index (χ3n) is 4.02. The Morgan fingerprint density at radius 2 is 1.71 bits per heavy atom. The van der Waals surface area contributed by atoms with Crippen LogP contribution in [0, 0.1) is 6.92 Å². The number of carbonyl (C=O) groups is 1. The van der Waals surface area contributed by atoms with Gasteiger partial charge in [-0.15, -0.1) is 0 Å². The van der Waals surface area contributed by atoms with Gasteiger partial charge in [-0.1, -0.05) is 18.2 Å². The van der Waals surface area contributed by atoms with Crippen LogP contribution in [0.2, 0.25) is 0 Å². The van der Waals surface area contributed by atoms with Crippen molar-refractivity contribution < 1.29 is 14.3 Å². The molecule has 0 aliphatic carbocycles. The molecule has 1 aromatic heterocycles. The van der Waals surface area contributed by atoms with Gasteiger partial charge in [0.2, 0.25) is 5.95 Å². The zero-order chi connectivity index (χ0) is 19.9. The third-order valence-corrected chi connectivity index (χ3v) is 4.02. The minimum atomic E-state index is -0.314. The van der Waals surface area contributed by atoms with Crippen molar-refractivity contribution in [3.63, 3.8) is 0 Å². The number of ether oxygens (including phenoxy) is 2. The van der Waals surface area contributed by atoms with Gasteiger partial charge in [-0.3, -0.25) is 4.79 Å². The molecule has 7 nitrogen and oxygen atoms in total. The van der Waals surface area contributed by atoms with E-state index in [1.54, 1.807) is 32.4 Å². The van der Waals surface area contributed by atoms with E-state index in [4.69, 9.17) is 9.47 Å². The van der Waals surface area contributed by atoms with Gasteiger partial charge in [-0.05, 0) is 42.8 Å². The maximum absolute atomic E-state index is 12.6. The molecule has 28 heavy (non-hydrogen) atoms. The fraction of sp³-hybridized carbons (Fsp3) is 0.190. The van der Waals surface area contributed by atoms with Gasteiger partial charge in [0.25, 0.3) is 5.91 Å². The summed E-state index contributed by atoms with van der Waals surface area (Å²) in [4.78, 5) is 21.3. The Morgan fingerprint density at radius 3 is 2.43 bits per heavy atom. The Bertz CT molecular complexity index is 958. The number of hydrogen-bond donors (Lipinski definition) is 2. The second kappa shape index (κ2) is 8.85. The molecule has 0 saturated heterocycles. The van der Waals surface area contributed by atoms with Crippen LogP contribution in [0.15, 0.2) is 54.6 Å². The van der Waals surface area contributed by atoms with Crippen LogP contribution >= 0.6 is 0 Å². The molecule has 0 radical (unpaired) electrons. The highest BCUT2D eigenvalue weighted by Crippen LogP contribution is 2.18. The first-order chi connectivity index (χ1) is 13.6. The Labute approximate surface area is 163 Å². The van der Waals surface area contributed by atoms with Crippen molar-refractivity contribution in [1.29, 1.82) is 0 Å². The van der Waals surface area contributed by atoms with Crippen molar-refractivity contribution in [3.05, 3.63) is 71.5 Å². The number of nitrogens with zero attached hydrogens (tertiary/aromatic N) is 2.